The van der Waals surface area contributed by atoms with E-state index in [9.17, 15) is 4.79 Å². The number of anilines is 1. The van der Waals surface area contributed by atoms with Crippen LogP contribution in [0.3, 0.4) is 0 Å². The Bertz CT molecular complexity index is 408. The van der Waals surface area contributed by atoms with Crippen molar-refractivity contribution in [2.45, 2.75) is 45.6 Å². The van der Waals surface area contributed by atoms with Crippen LogP contribution in [0.1, 0.15) is 38.9 Å². The van der Waals surface area contributed by atoms with Crippen molar-refractivity contribution in [3.05, 3.63) is 5.82 Å². The predicted molar refractivity (Wildman–Crippen MR) is 70.9 cm³/mol. The molecule has 2 heterocycles. The molecule has 0 saturated carbocycles. The predicted octanol–water partition coefficient (Wildman–Crippen LogP) is 2.02. The van der Waals surface area contributed by atoms with Crippen molar-refractivity contribution in [1.82, 2.24) is 9.36 Å². The Labute approximate surface area is 111 Å². The quantitative estimate of drug-likeness (QED) is 0.765. The van der Waals surface area contributed by atoms with E-state index in [1.165, 1.54) is 11.5 Å². The number of hydrogen-bond donors (Lipinski definition) is 0. The number of ether oxygens (including phenoxy) is 1. The Morgan fingerprint density at radius 3 is 3.11 bits per heavy atom. The van der Waals surface area contributed by atoms with Crippen molar-refractivity contribution in [1.29, 1.82) is 0 Å². The average Bonchev–Trinajstić information content (AvgIpc) is 2.96. The molecule has 1 aliphatic rings. The minimum Gasteiger partial charge on any atom is -0.464 e. The lowest BCUT2D eigenvalue weighted by Crippen LogP contribution is -2.37. The summed E-state index contributed by atoms with van der Waals surface area (Å²) in [6.45, 7) is 5.24. The van der Waals surface area contributed by atoms with E-state index in [0.717, 1.165) is 43.2 Å². The fourth-order valence-electron chi connectivity index (χ4n) is 2.17. The van der Waals surface area contributed by atoms with Gasteiger partial charge in [-0.1, -0.05) is 6.92 Å². The highest BCUT2D eigenvalue weighted by Crippen LogP contribution is 2.27. The fraction of sp³-hybridized carbons (Fsp3) is 0.750. The molecule has 2 rings (SSSR count). The molecular formula is C12H19N3O2S. The van der Waals surface area contributed by atoms with Crippen LogP contribution in [0.4, 0.5) is 5.13 Å². The molecule has 1 saturated heterocycles. The van der Waals surface area contributed by atoms with Crippen molar-refractivity contribution < 1.29 is 9.53 Å². The molecule has 1 fully saturated rings. The first-order chi connectivity index (χ1) is 8.76. The molecule has 0 aliphatic carbocycles. The second kappa shape index (κ2) is 6.13. The fourth-order valence-corrected chi connectivity index (χ4v) is 2.95. The van der Waals surface area contributed by atoms with Crippen LogP contribution in [0.25, 0.3) is 0 Å². The van der Waals surface area contributed by atoms with E-state index < -0.39 is 0 Å². The van der Waals surface area contributed by atoms with Crippen LogP contribution in [-0.2, 0) is 16.0 Å². The maximum atomic E-state index is 11.9. The van der Waals surface area contributed by atoms with Crippen molar-refractivity contribution in [3.8, 4) is 0 Å². The van der Waals surface area contributed by atoms with Crippen LogP contribution in [0.5, 0.6) is 0 Å². The molecule has 1 aliphatic heterocycles. The molecular weight excluding hydrogens is 250 g/mol. The van der Waals surface area contributed by atoms with E-state index in [1.54, 1.807) is 0 Å². The van der Waals surface area contributed by atoms with Gasteiger partial charge < -0.3 is 9.64 Å². The first-order valence-electron chi connectivity index (χ1n) is 6.52. The Kier molecular flexibility index (Phi) is 4.52. The highest BCUT2D eigenvalue weighted by atomic mass is 32.1. The van der Waals surface area contributed by atoms with Gasteiger partial charge in [0.1, 0.15) is 11.9 Å². The van der Waals surface area contributed by atoms with E-state index in [-0.39, 0.29) is 12.0 Å². The molecule has 100 valence electrons. The Balaban J connectivity index is 2.07. The third-order valence-electron chi connectivity index (χ3n) is 2.99. The van der Waals surface area contributed by atoms with E-state index in [0.29, 0.717) is 6.61 Å². The highest BCUT2D eigenvalue weighted by molar-refractivity contribution is 7.09. The van der Waals surface area contributed by atoms with Gasteiger partial charge in [-0.25, -0.2) is 9.78 Å². The van der Waals surface area contributed by atoms with Crippen molar-refractivity contribution in [2.24, 2.45) is 0 Å². The standard InChI is InChI=1S/C12H19N3O2S/c1-3-6-10-13-12(18-14-10)15-8-5-7-9(15)11(16)17-4-2/h9H,3-8H2,1-2H3. The third kappa shape index (κ3) is 2.80. The van der Waals surface area contributed by atoms with Gasteiger partial charge in [-0.15, -0.1) is 0 Å². The SMILES string of the molecule is CCCc1nsc(N2CCCC2C(=O)OCC)n1. The van der Waals surface area contributed by atoms with Crippen LogP contribution < -0.4 is 4.90 Å². The number of carbonyl (C=O) groups is 1. The van der Waals surface area contributed by atoms with Crippen molar-refractivity contribution in [2.75, 3.05) is 18.1 Å². The summed E-state index contributed by atoms with van der Waals surface area (Å²) in [5, 5.41) is 0.856. The zero-order valence-corrected chi connectivity index (χ0v) is 11.7. The minimum absolute atomic E-state index is 0.137. The number of hydrogen-bond acceptors (Lipinski definition) is 6. The van der Waals surface area contributed by atoms with Crippen molar-refractivity contribution in [3.63, 3.8) is 0 Å². The topological polar surface area (TPSA) is 55.3 Å². The lowest BCUT2D eigenvalue weighted by molar-refractivity contribution is -0.144. The van der Waals surface area contributed by atoms with Crippen LogP contribution in [0, 0.1) is 0 Å². The van der Waals surface area contributed by atoms with Gasteiger partial charge in [0.05, 0.1) is 6.61 Å². The van der Waals surface area contributed by atoms with Crippen LogP contribution in [0.2, 0.25) is 0 Å². The molecule has 0 amide bonds. The molecule has 1 unspecified atom stereocenters. The second-order valence-electron chi connectivity index (χ2n) is 4.35. The smallest absolute Gasteiger partial charge is 0.328 e. The lowest BCUT2D eigenvalue weighted by Gasteiger charge is -2.21. The first-order valence-corrected chi connectivity index (χ1v) is 7.29. The molecule has 6 heteroatoms. The number of carbonyl (C=O) groups excluding carboxylic acids is 1. The zero-order chi connectivity index (χ0) is 13.0. The summed E-state index contributed by atoms with van der Waals surface area (Å²) in [7, 11) is 0. The Morgan fingerprint density at radius 1 is 1.56 bits per heavy atom. The molecule has 0 N–H and O–H groups in total. The molecule has 1 aromatic heterocycles. The molecule has 1 aromatic rings. The molecule has 5 nitrogen and oxygen atoms in total. The van der Waals surface area contributed by atoms with Crippen LogP contribution >= 0.6 is 11.5 Å². The highest BCUT2D eigenvalue weighted by Gasteiger charge is 2.33. The number of nitrogens with zero attached hydrogens (tertiary/aromatic N) is 3. The van der Waals surface area contributed by atoms with Gasteiger partial charge in [-0.2, -0.15) is 4.37 Å². The van der Waals surface area contributed by atoms with Crippen LogP contribution in [-0.4, -0.2) is 34.5 Å². The average molecular weight is 269 g/mol. The summed E-state index contributed by atoms with van der Waals surface area (Å²) in [5.74, 6) is 0.745. The van der Waals surface area contributed by atoms with Gasteiger partial charge in [0.2, 0.25) is 5.13 Å². The summed E-state index contributed by atoms with van der Waals surface area (Å²) < 4.78 is 9.43. The van der Waals surface area contributed by atoms with Gasteiger partial charge in [0, 0.05) is 24.5 Å². The second-order valence-corrected chi connectivity index (χ2v) is 5.08. The lowest BCUT2D eigenvalue weighted by atomic mass is 10.2. The molecule has 1 atom stereocenters. The summed E-state index contributed by atoms with van der Waals surface area (Å²) in [5.41, 5.74) is 0. The van der Waals surface area contributed by atoms with Gasteiger partial charge in [-0.05, 0) is 26.2 Å². The van der Waals surface area contributed by atoms with Gasteiger partial charge >= 0.3 is 5.97 Å². The van der Waals surface area contributed by atoms with E-state index >= 15 is 0 Å². The summed E-state index contributed by atoms with van der Waals surface area (Å²) in [6.07, 6.45) is 3.79. The largest absolute Gasteiger partial charge is 0.464 e. The van der Waals surface area contributed by atoms with Gasteiger partial charge in [0.15, 0.2) is 0 Å². The van der Waals surface area contributed by atoms with Gasteiger partial charge in [0.25, 0.3) is 0 Å². The number of esters is 1. The molecule has 0 bridgehead atoms. The third-order valence-corrected chi connectivity index (χ3v) is 3.78. The molecule has 0 radical (unpaired) electrons. The monoisotopic (exact) mass is 269 g/mol. The van der Waals surface area contributed by atoms with Crippen LogP contribution in [0.15, 0.2) is 0 Å². The van der Waals surface area contributed by atoms with Crippen molar-refractivity contribution >= 4 is 22.6 Å². The molecule has 0 aromatic carbocycles. The van der Waals surface area contributed by atoms with E-state index in [2.05, 4.69) is 16.3 Å². The first kappa shape index (κ1) is 13.3. The maximum Gasteiger partial charge on any atom is 0.328 e. The number of aromatic nitrogens is 2. The Hall–Kier alpha value is -1.17. The van der Waals surface area contributed by atoms with E-state index in [4.69, 9.17) is 4.74 Å². The summed E-state index contributed by atoms with van der Waals surface area (Å²) in [6, 6.07) is -0.174. The molecule has 0 spiro atoms. The summed E-state index contributed by atoms with van der Waals surface area (Å²) >= 11 is 1.38. The maximum absolute atomic E-state index is 11.9. The van der Waals surface area contributed by atoms with Gasteiger partial charge in [-0.3, -0.25) is 0 Å². The number of aryl methyl sites for hydroxylation is 1. The summed E-state index contributed by atoms with van der Waals surface area (Å²) in [4.78, 5) is 18.4. The number of rotatable bonds is 5. The zero-order valence-electron chi connectivity index (χ0n) is 10.9. The normalized spacial score (nSPS) is 19.2. The minimum atomic E-state index is -0.174. The Morgan fingerprint density at radius 2 is 2.39 bits per heavy atom. The van der Waals surface area contributed by atoms with E-state index in [1.807, 2.05) is 11.8 Å². The molecule has 18 heavy (non-hydrogen) atoms.